The summed E-state index contributed by atoms with van der Waals surface area (Å²) in [6.45, 7) is 7.96. The van der Waals surface area contributed by atoms with Gasteiger partial charge >= 0.3 is 6.09 Å². The first kappa shape index (κ1) is 30.0. The number of carbonyl (C=O) groups is 1. The molecule has 4 rings (SSSR count). The predicted molar refractivity (Wildman–Crippen MR) is 167 cm³/mol. The van der Waals surface area contributed by atoms with Gasteiger partial charge in [0.05, 0.1) is 24.4 Å². The molecule has 10 heteroatoms. The molecule has 0 fully saturated rings. The third kappa shape index (κ3) is 8.03. The van der Waals surface area contributed by atoms with Gasteiger partial charge in [-0.25, -0.2) is 9.78 Å². The Kier molecular flexibility index (Phi) is 10.2. The summed E-state index contributed by atoms with van der Waals surface area (Å²) in [5.41, 5.74) is 4.29. The molecule has 0 aliphatic rings. The Morgan fingerprint density at radius 1 is 1.07 bits per heavy atom. The van der Waals surface area contributed by atoms with Crippen LogP contribution in [0.4, 0.5) is 10.5 Å². The molecule has 0 aliphatic carbocycles. The topological polar surface area (TPSA) is 78.3 Å². The molecule has 2 heterocycles. The molecule has 0 bridgehead atoms. The zero-order chi connectivity index (χ0) is 28.7. The van der Waals surface area contributed by atoms with Crippen molar-refractivity contribution in [1.82, 2.24) is 14.5 Å². The van der Waals surface area contributed by atoms with Gasteiger partial charge in [-0.05, 0) is 58.2 Å². The van der Waals surface area contributed by atoms with Crippen molar-refractivity contribution in [3.8, 4) is 11.3 Å². The molecule has 40 heavy (non-hydrogen) atoms. The Labute approximate surface area is 250 Å². The van der Waals surface area contributed by atoms with Crippen molar-refractivity contribution in [2.45, 2.75) is 44.8 Å². The lowest BCUT2D eigenvalue weighted by molar-refractivity contribution is 0.0857. The highest BCUT2D eigenvalue weighted by Crippen LogP contribution is 2.36. The largest absolute Gasteiger partial charge is 0.453 e. The van der Waals surface area contributed by atoms with Crippen LogP contribution in [0.1, 0.15) is 23.0 Å². The lowest BCUT2D eigenvalue weighted by Crippen LogP contribution is -2.22. The second-order valence-electron chi connectivity index (χ2n) is 10.7. The Hall–Kier alpha value is -2.98. The fourth-order valence-electron chi connectivity index (χ4n) is 4.30. The molecule has 1 atom stereocenters. The lowest BCUT2D eigenvalue weighted by Gasteiger charge is -2.21. The minimum absolute atomic E-state index is 0.164. The Morgan fingerprint density at radius 3 is 2.42 bits per heavy atom. The van der Waals surface area contributed by atoms with Gasteiger partial charge in [-0.1, -0.05) is 73.7 Å². The van der Waals surface area contributed by atoms with E-state index in [9.17, 15) is 4.79 Å². The molecule has 0 spiro atoms. The van der Waals surface area contributed by atoms with E-state index in [0.29, 0.717) is 30.6 Å². The summed E-state index contributed by atoms with van der Waals surface area (Å²) in [6, 6.07) is 22.8. The van der Waals surface area contributed by atoms with Gasteiger partial charge in [0.15, 0.2) is 5.15 Å². The summed E-state index contributed by atoms with van der Waals surface area (Å²) < 4.78 is 13.9. The number of carbonyl (C=O) groups excluding carboxylic acids is 1. The quantitative estimate of drug-likeness (QED) is 0.132. The van der Waals surface area contributed by atoms with Gasteiger partial charge in [0.25, 0.3) is 0 Å². The van der Waals surface area contributed by atoms with E-state index in [-0.39, 0.29) is 5.92 Å². The number of imidazole rings is 1. The van der Waals surface area contributed by atoms with Crippen LogP contribution in [0.25, 0.3) is 11.3 Å². The Bertz CT molecular complexity index is 1410. The molecular formula is C30H34BrClN4O3Si. The molecule has 1 amide bonds. The molecule has 210 valence electrons. The fraction of sp³-hybridized carbons (Fsp3) is 0.300. The molecule has 2 aromatic heterocycles. The maximum atomic E-state index is 11.7. The van der Waals surface area contributed by atoms with Crippen molar-refractivity contribution in [1.29, 1.82) is 0 Å². The summed E-state index contributed by atoms with van der Waals surface area (Å²) in [5, 5.41) is 3.06. The number of aromatic nitrogens is 3. The maximum Gasteiger partial charge on any atom is 0.411 e. The van der Waals surface area contributed by atoms with E-state index in [1.807, 2.05) is 54.6 Å². The summed E-state index contributed by atoms with van der Waals surface area (Å²) in [7, 11) is 0.0608. The van der Waals surface area contributed by atoms with E-state index in [1.165, 1.54) is 12.7 Å². The first-order valence-electron chi connectivity index (χ1n) is 13.1. The van der Waals surface area contributed by atoms with Crippen LogP contribution in [0.3, 0.4) is 0 Å². The van der Waals surface area contributed by atoms with E-state index in [0.717, 1.165) is 33.3 Å². The number of pyridine rings is 1. The maximum absolute atomic E-state index is 11.7. The summed E-state index contributed by atoms with van der Waals surface area (Å²) in [6.07, 6.45) is 1.97. The zero-order valence-electron chi connectivity index (χ0n) is 23.2. The van der Waals surface area contributed by atoms with Gasteiger partial charge in [-0.2, -0.15) is 0 Å². The average Bonchev–Trinajstić information content (AvgIpc) is 3.26. The van der Waals surface area contributed by atoms with Gasteiger partial charge < -0.3 is 14.0 Å². The minimum atomic E-state index is -1.27. The molecular weight excluding hydrogens is 608 g/mol. The van der Waals surface area contributed by atoms with E-state index >= 15 is 0 Å². The average molecular weight is 642 g/mol. The highest BCUT2D eigenvalue weighted by molar-refractivity contribution is 9.10. The van der Waals surface area contributed by atoms with Crippen molar-refractivity contribution in [3.63, 3.8) is 0 Å². The van der Waals surface area contributed by atoms with Crippen molar-refractivity contribution in [2.75, 3.05) is 19.0 Å². The second-order valence-corrected chi connectivity index (χ2v) is 17.6. The normalized spacial score (nSPS) is 12.2. The van der Waals surface area contributed by atoms with Crippen LogP contribution in [0.2, 0.25) is 30.8 Å². The van der Waals surface area contributed by atoms with E-state index in [4.69, 9.17) is 31.0 Å². The van der Waals surface area contributed by atoms with Crippen LogP contribution < -0.4 is 5.32 Å². The van der Waals surface area contributed by atoms with Crippen LogP contribution >= 0.6 is 27.5 Å². The third-order valence-electron chi connectivity index (χ3n) is 6.46. The zero-order valence-corrected chi connectivity index (χ0v) is 26.5. The smallest absolute Gasteiger partial charge is 0.411 e. The van der Waals surface area contributed by atoms with Crippen molar-refractivity contribution < 1.29 is 14.3 Å². The van der Waals surface area contributed by atoms with Gasteiger partial charge in [-0.15, -0.1) is 0 Å². The third-order valence-corrected chi connectivity index (χ3v) is 8.90. The molecule has 0 aliphatic heterocycles. The lowest BCUT2D eigenvalue weighted by atomic mass is 9.94. The number of nitrogens with zero attached hydrogens (tertiary/aromatic N) is 3. The van der Waals surface area contributed by atoms with Crippen LogP contribution in [-0.2, 0) is 22.6 Å². The summed E-state index contributed by atoms with van der Waals surface area (Å²) in [5.74, 6) is 0.617. The molecule has 0 saturated heterocycles. The monoisotopic (exact) mass is 640 g/mol. The number of rotatable bonds is 11. The number of ether oxygens (including phenoxy) is 2. The number of anilines is 1. The number of nitrogens with one attached hydrogen (secondary N) is 1. The van der Waals surface area contributed by atoms with Crippen molar-refractivity contribution in [3.05, 3.63) is 99.6 Å². The number of benzene rings is 2. The Balaban J connectivity index is 1.77. The van der Waals surface area contributed by atoms with Crippen LogP contribution in [0.5, 0.6) is 0 Å². The molecule has 0 saturated carbocycles. The number of methoxy groups -OCH3 is 1. The number of halogens is 2. The molecule has 1 N–H and O–H groups in total. The highest BCUT2D eigenvalue weighted by Gasteiger charge is 2.27. The SMILES string of the molecule is COC(=O)Nc1ccc(-c2c(Cl)nc(C(Cc3ccccc3)c3ccc(Br)cn3)n2COCC[Si](C)(C)C)cc1. The van der Waals surface area contributed by atoms with Gasteiger partial charge in [0, 0.05) is 36.6 Å². The molecule has 0 radical (unpaired) electrons. The summed E-state index contributed by atoms with van der Waals surface area (Å²) >= 11 is 10.4. The fourth-order valence-corrected chi connectivity index (χ4v) is 5.59. The summed E-state index contributed by atoms with van der Waals surface area (Å²) in [4.78, 5) is 21.3. The van der Waals surface area contributed by atoms with E-state index in [2.05, 4.69) is 57.6 Å². The van der Waals surface area contributed by atoms with E-state index < -0.39 is 14.2 Å². The molecule has 4 aromatic rings. The minimum Gasteiger partial charge on any atom is -0.453 e. The molecule has 7 nitrogen and oxygen atoms in total. The standard InChI is InChI=1S/C30H34BrClN4O3Si/c1-38-30(37)34-24-13-10-22(11-14-24)27-28(32)35-29(36(27)20-39-16-17-40(2,3)4)25(18-21-8-6-5-7-9-21)26-15-12-23(31)19-33-26/h5-15,19,25H,16-18,20H2,1-4H3,(H,34,37). The van der Waals surface area contributed by atoms with Crippen LogP contribution in [0, 0.1) is 0 Å². The second kappa shape index (κ2) is 13.6. The van der Waals surface area contributed by atoms with Crippen LogP contribution in [-0.4, -0.2) is 42.4 Å². The highest BCUT2D eigenvalue weighted by atomic mass is 79.9. The first-order chi connectivity index (χ1) is 19.1. The predicted octanol–water partition coefficient (Wildman–Crippen LogP) is 8.23. The number of hydrogen-bond acceptors (Lipinski definition) is 5. The van der Waals surface area contributed by atoms with Gasteiger partial charge in [0.1, 0.15) is 12.6 Å². The van der Waals surface area contributed by atoms with Gasteiger partial charge in [-0.3, -0.25) is 10.3 Å². The van der Waals surface area contributed by atoms with Crippen molar-refractivity contribution in [2.24, 2.45) is 0 Å². The first-order valence-corrected chi connectivity index (χ1v) is 18.0. The molecule has 2 aromatic carbocycles. The van der Waals surface area contributed by atoms with Crippen LogP contribution in [0.15, 0.2) is 77.4 Å². The molecule has 1 unspecified atom stereocenters. The van der Waals surface area contributed by atoms with E-state index in [1.54, 1.807) is 6.20 Å². The number of hydrogen-bond donors (Lipinski definition) is 1. The van der Waals surface area contributed by atoms with Gasteiger partial charge in [0.2, 0.25) is 0 Å². The number of amides is 1. The van der Waals surface area contributed by atoms with Crippen molar-refractivity contribution >= 4 is 47.4 Å². The Morgan fingerprint density at radius 2 is 1.80 bits per heavy atom.